The standard InChI is InChI=1S/C16H24N4/c17-15-13-1-2-18-9-14(13)19-20(15)16-6-10-3-11(7-16)5-12(4-10)8-16/h10-12,18H,1-9,17H2. The predicted octanol–water partition coefficient (Wildman–Crippen LogP) is 2.04. The minimum atomic E-state index is 0.274. The van der Waals surface area contributed by atoms with Crippen LogP contribution in [0, 0.1) is 17.8 Å². The van der Waals surface area contributed by atoms with Gasteiger partial charge < -0.3 is 11.1 Å². The SMILES string of the molecule is Nc1c2c(nn1C13CC4CC(CC(C4)C1)C3)CNCC2. The molecule has 4 fully saturated rings. The summed E-state index contributed by atoms with van der Waals surface area (Å²) in [6.07, 6.45) is 9.46. The number of aromatic nitrogens is 2. The first-order chi connectivity index (χ1) is 9.73. The third-order valence-corrected chi connectivity index (χ3v) is 6.41. The Morgan fingerprint density at radius 2 is 1.75 bits per heavy atom. The van der Waals surface area contributed by atoms with Crippen LogP contribution in [-0.2, 0) is 18.5 Å². The van der Waals surface area contributed by atoms with Gasteiger partial charge in [0.2, 0.25) is 0 Å². The summed E-state index contributed by atoms with van der Waals surface area (Å²) in [7, 11) is 0. The van der Waals surface area contributed by atoms with Crippen LogP contribution >= 0.6 is 0 Å². The summed E-state index contributed by atoms with van der Waals surface area (Å²) in [6, 6.07) is 0. The van der Waals surface area contributed by atoms with Crippen molar-refractivity contribution in [1.82, 2.24) is 15.1 Å². The minimum Gasteiger partial charge on any atom is -0.384 e. The maximum atomic E-state index is 6.52. The molecule has 0 aromatic carbocycles. The van der Waals surface area contributed by atoms with E-state index in [2.05, 4.69) is 10.00 Å². The molecule has 4 saturated carbocycles. The van der Waals surface area contributed by atoms with E-state index in [1.54, 1.807) is 0 Å². The molecule has 0 spiro atoms. The average Bonchev–Trinajstić information content (AvgIpc) is 2.76. The smallest absolute Gasteiger partial charge is 0.125 e. The lowest BCUT2D eigenvalue weighted by Gasteiger charge is -2.56. The zero-order valence-electron chi connectivity index (χ0n) is 12.1. The summed E-state index contributed by atoms with van der Waals surface area (Å²) >= 11 is 0. The lowest BCUT2D eigenvalue weighted by atomic mass is 9.53. The fraction of sp³-hybridized carbons (Fsp3) is 0.812. The summed E-state index contributed by atoms with van der Waals surface area (Å²) in [5.41, 5.74) is 9.34. The van der Waals surface area contributed by atoms with E-state index in [1.807, 2.05) is 0 Å². The molecule has 4 heteroatoms. The average molecular weight is 272 g/mol. The lowest BCUT2D eigenvalue weighted by Crippen LogP contribution is -2.52. The summed E-state index contributed by atoms with van der Waals surface area (Å²) in [6.45, 7) is 1.95. The Bertz CT molecular complexity index is 524. The maximum absolute atomic E-state index is 6.52. The van der Waals surface area contributed by atoms with Gasteiger partial charge in [0.15, 0.2) is 0 Å². The van der Waals surface area contributed by atoms with Crippen molar-refractivity contribution >= 4 is 5.82 Å². The number of fused-ring (bicyclic) bond motifs is 1. The normalized spacial score (nSPS) is 41.9. The Balaban J connectivity index is 1.61. The number of nitrogen functional groups attached to an aromatic ring is 1. The number of nitrogens with zero attached hydrogens (tertiary/aromatic N) is 2. The Kier molecular flexibility index (Phi) is 2.20. The van der Waals surface area contributed by atoms with Gasteiger partial charge in [-0.05, 0) is 69.2 Å². The molecule has 4 nitrogen and oxygen atoms in total. The van der Waals surface area contributed by atoms with E-state index in [4.69, 9.17) is 10.8 Å². The van der Waals surface area contributed by atoms with Gasteiger partial charge in [-0.25, -0.2) is 4.68 Å². The topological polar surface area (TPSA) is 55.9 Å². The van der Waals surface area contributed by atoms with Crippen LogP contribution < -0.4 is 11.1 Å². The van der Waals surface area contributed by atoms with Crippen molar-refractivity contribution in [2.75, 3.05) is 12.3 Å². The molecule has 6 rings (SSSR count). The second-order valence-corrected chi connectivity index (χ2v) is 7.79. The summed E-state index contributed by atoms with van der Waals surface area (Å²) in [5.74, 6) is 3.82. The lowest BCUT2D eigenvalue weighted by molar-refractivity contribution is -0.0483. The van der Waals surface area contributed by atoms with Gasteiger partial charge in [0.05, 0.1) is 11.2 Å². The largest absolute Gasteiger partial charge is 0.384 e. The third kappa shape index (κ3) is 1.43. The van der Waals surface area contributed by atoms with Crippen molar-refractivity contribution < 1.29 is 0 Å². The van der Waals surface area contributed by atoms with Crippen LogP contribution in [0.25, 0.3) is 0 Å². The summed E-state index contributed by atoms with van der Waals surface area (Å²) in [4.78, 5) is 0. The van der Waals surface area contributed by atoms with E-state index in [0.29, 0.717) is 0 Å². The minimum absolute atomic E-state index is 0.274. The molecule has 0 saturated heterocycles. The monoisotopic (exact) mass is 272 g/mol. The van der Waals surface area contributed by atoms with E-state index in [-0.39, 0.29) is 5.54 Å². The molecule has 1 aromatic rings. The number of hydrogen-bond donors (Lipinski definition) is 2. The highest BCUT2D eigenvalue weighted by Crippen LogP contribution is 2.59. The molecule has 1 aliphatic heterocycles. The van der Waals surface area contributed by atoms with Crippen LogP contribution in [-0.4, -0.2) is 16.3 Å². The number of nitrogens with one attached hydrogen (secondary N) is 1. The highest BCUT2D eigenvalue weighted by Gasteiger charge is 2.53. The Morgan fingerprint density at radius 1 is 1.10 bits per heavy atom. The fourth-order valence-corrected chi connectivity index (χ4v) is 6.03. The molecule has 0 radical (unpaired) electrons. The number of nitrogens with two attached hydrogens (primary N) is 1. The second-order valence-electron chi connectivity index (χ2n) is 7.79. The van der Waals surface area contributed by atoms with Crippen molar-refractivity contribution in [1.29, 1.82) is 0 Å². The molecular formula is C16H24N4. The van der Waals surface area contributed by atoms with E-state index < -0.39 is 0 Å². The van der Waals surface area contributed by atoms with Crippen molar-refractivity contribution in [2.45, 2.75) is 57.0 Å². The van der Waals surface area contributed by atoms with Gasteiger partial charge in [-0.1, -0.05) is 0 Å². The molecule has 108 valence electrons. The van der Waals surface area contributed by atoms with E-state index in [0.717, 1.165) is 43.1 Å². The van der Waals surface area contributed by atoms with Gasteiger partial charge in [0.1, 0.15) is 5.82 Å². The van der Waals surface area contributed by atoms with Gasteiger partial charge in [-0.2, -0.15) is 5.10 Å². The quantitative estimate of drug-likeness (QED) is 0.822. The van der Waals surface area contributed by atoms with Crippen LogP contribution in [0.5, 0.6) is 0 Å². The zero-order chi connectivity index (χ0) is 13.3. The fourth-order valence-electron chi connectivity index (χ4n) is 6.03. The molecule has 3 N–H and O–H groups in total. The van der Waals surface area contributed by atoms with Crippen LogP contribution in [0.1, 0.15) is 49.8 Å². The van der Waals surface area contributed by atoms with E-state index in [1.165, 1.54) is 49.8 Å². The van der Waals surface area contributed by atoms with Gasteiger partial charge in [-0.3, -0.25) is 0 Å². The Hall–Kier alpha value is -1.03. The summed E-state index contributed by atoms with van der Waals surface area (Å²) in [5, 5.41) is 8.39. The predicted molar refractivity (Wildman–Crippen MR) is 78.2 cm³/mol. The first kappa shape index (κ1) is 11.6. The van der Waals surface area contributed by atoms with Crippen LogP contribution in [0.2, 0.25) is 0 Å². The van der Waals surface area contributed by atoms with E-state index >= 15 is 0 Å². The molecule has 20 heavy (non-hydrogen) atoms. The summed E-state index contributed by atoms with van der Waals surface area (Å²) < 4.78 is 2.29. The second kappa shape index (κ2) is 3.79. The molecule has 4 bridgehead atoms. The molecule has 0 amide bonds. The Labute approximate surface area is 120 Å². The zero-order valence-corrected chi connectivity index (χ0v) is 12.1. The van der Waals surface area contributed by atoms with E-state index in [9.17, 15) is 0 Å². The van der Waals surface area contributed by atoms with Crippen molar-refractivity contribution in [3.8, 4) is 0 Å². The highest BCUT2D eigenvalue weighted by molar-refractivity contribution is 5.46. The van der Waals surface area contributed by atoms with Gasteiger partial charge in [0, 0.05) is 12.1 Å². The maximum Gasteiger partial charge on any atom is 0.125 e. The first-order valence-electron chi connectivity index (χ1n) is 8.31. The Morgan fingerprint density at radius 3 is 2.35 bits per heavy atom. The van der Waals surface area contributed by atoms with Gasteiger partial charge in [0.25, 0.3) is 0 Å². The van der Waals surface area contributed by atoms with Crippen molar-refractivity contribution in [3.63, 3.8) is 0 Å². The molecular weight excluding hydrogens is 248 g/mol. The third-order valence-electron chi connectivity index (χ3n) is 6.41. The number of anilines is 1. The van der Waals surface area contributed by atoms with Gasteiger partial charge >= 0.3 is 0 Å². The molecule has 1 aromatic heterocycles. The molecule has 0 unspecified atom stereocenters. The molecule has 5 aliphatic rings. The number of rotatable bonds is 1. The number of hydrogen-bond acceptors (Lipinski definition) is 3. The van der Waals surface area contributed by atoms with Gasteiger partial charge in [-0.15, -0.1) is 0 Å². The molecule has 4 aliphatic carbocycles. The molecule has 0 atom stereocenters. The van der Waals surface area contributed by atoms with Crippen molar-refractivity contribution in [3.05, 3.63) is 11.3 Å². The first-order valence-corrected chi connectivity index (χ1v) is 8.31. The van der Waals surface area contributed by atoms with Crippen LogP contribution in [0.3, 0.4) is 0 Å². The van der Waals surface area contributed by atoms with Crippen molar-refractivity contribution in [2.24, 2.45) is 17.8 Å². The van der Waals surface area contributed by atoms with Crippen LogP contribution in [0.15, 0.2) is 0 Å². The van der Waals surface area contributed by atoms with Crippen LogP contribution in [0.4, 0.5) is 5.82 Å². The highest BCUT2D eigenvalue weighted by atomic mass is 15.4. The molecule has 2 heterocycles.